The van der Waals surface area contributed by atoms with Gasteiger partial charge in [-0.25, -0.2) is 29.9 Å². The molecule has 3 saturated heterocycles. The van der Waals surface area contributed by atoms with Crippen LogP contribution in [0, 0.1) is 6.92 Å². The van der Waals surface area contributed by atoms with Crippen LogP contribution in [0.2, 0.25) is 0 Å². The minimum absolute atomic E-state index is 0.104. The Balaban J connectivity index is 0.000000182. The first-order chi connectivity index (χ1) is 40.4. The maximum Gasteiger partial charge on any atom is 0.279 e. The Morgan fingerprint density at radius 3 is 1.75 bits per heavy atom. The summed E-state index contributed by atoms with van der Waals surface area (Å²) in [6.07, 6.45) is 2.46. The number of nitrogens with two attached hydrogens (primary N) is 3. The lowest BCUT2D eigenvalue weighted by Crippen LogP contribution is -2.53. The molecule has 0 aromatic carbocycles. The van der Waals surface area contributed by atoms with E-state index in [4.69, 9.17) is 40.9 Å². The van der Waals surface area contributed by atoms with Crippen molar-refractivity contribution in [2.45, 2.75) is 164 Å². The van der Waals surface area contributed by atoms with Gasteiger partial charge in [0, 0.05) is 25.9 Å². The van der Waals surface area contributed by atoms with Crippen molar-refractivity contribution in [1.82, 2.24) is 64.9 Å². The molecule has 5 aromatic heterocycles. The number of pyridine rings is 1. The molecule has 0 aliphatic carbocycles. The Labute approximate surface area is 480 Å². The van der Waals surface area contributed by atoms with Crippen LogP contribution in [0.3, 0.4) is 0 Å². The number of nitrogens with zero attached hydrogens (tertiary/aromatic N) is 9. The predicted molar refractivity (Wildman–Crippen MR) is 296 cm³/mol. The number of aromatic nitrogens is 9. The molecule has 0 spiro atoms. The molecule has 5 aromatic rings. The monoisotopic (exact) mass is 1180 g/mol. The van der Waals surface area contributed by atoms with Crippen molar-refractivity contribution in [2.75, 3.05) is 46.2 Å². The number of aliphatic imine (C=N–C) groups is 1. The molecule has 0 radical (unpaired) electrons. The lowest BCUT2D eigenvalue weighted by atomic mass is 10.1. The van der Waals surface area contributed by atoms with Crippen LogP contribution < -0.4 is 44.0 Å². The SMILES string of the molecule is CCCC(N)C(=O)N[C@H]1C(O)[C@@H](CO)O[C@H]1n1cnc2c(=O)[nH]c(C)nc21.CCCC(N)C(=O)N[C@H]1C(O)[C@@H](CO)O[C@H]1n1cnc2c1N=CCC2=O.CCCC(NCOCOC)C(=O)N[C@H]1C(O)[C@@H](CO)O[C@H]1n1cnc2c(N)ccnc21. The number of Topliss-reactive ketones (excluding diaryl/α,β-unsaturated/α-hetero) is 1. The zero-order chi connectivity index (χ0) is 60.9. The van der Waals surface area contributed by atoms with Gasteiger partial charge >= 0.3 is 0 Å². The molecule has 0 saturated carbocycles. The zero-order valence-electron chi connectivity index (χ0n) is 47.1. The molecule has 15 atom stereocenters. The highest BCUT2D eigenvalue weighted by Gasteiger charge is 2.49. The van der Waals surface area contributed by atoms with E-state index in [1.54, 1.807) is 23.8 Å². The quantitative estimate of drug-likeness (QED) is 0.0222. The standard InChI is InChI=1S/C19H30N6O6.C16H24N6O5.C16H23N5O5/c1-3-4-12(23-9-30-10-29-2)18(28)24-15-16(27)13(7-26)31-19(15)25-8-22-14-11(20)5-6-21-17(14)25;1-3-4-8(17)14(25)21-10-12(24)9(5-23)27-16(10)22-6-18-11-13(22)19-7(2)20-15(11)26;1-2-3-8(17)15(25)20-12-13(24)10(6-22)26-16(12)21-7-19-11-9(23)4-5-18-14(11)21/h5-6,8,12-13,15-16,19,23,26-27H,3-4,7,9-10H2,1-2H3,(H2,20,21)(H,24,28);6,8-10,12,16,23-24H,3-5,17H2,1-2H3,(H,21,25)(H,19,20,26);5,7-8,10,12-13,16,22,24H,2-4,6,17H2,1H3,(H,20,25)/t12?,13-,15+,16?,19-;8?,9-,10+,12?,16-;8?,10-,12+,13?,16-/m111/s1. The van der Waals surface area contributed by atoms with Gasteiger partial charge in [-0.1, -0.05) is 40.0 Å². The number of ether oxygens (including phenoxy) is 5. The molecular formula is C51H77N17O16. The van der Waals surface area contributed by atoms with Crippen molar-refractivity contribution in [3.63, 3.8) is 0 Å². The maximum atomic E-state index is 13.0. The van der Waals surface area contributed by atoms with E-state index in [0.717, 1.165) is 19.3 Å². The van der Waals surface area contributed by atoms with Gasteiger partial charge in [-0.05, 0) is 32.3 Å². The molecule has 17 N–H and O–H groups in total. The molecule has 33 nitrogen and oxygen atoms in total. The fourth-order valence-corrected chi connectivity index (χ4v) is 10.0. The van der Waals surface area contributed by atoms with E-state index in [9.17, 15) is 54.6 Å². The van der Waals surface area contributed by atoms with E-state index in [1.807, 2.05) is 20.8 Å². The third-order valence-corrected chi connectivity index (χ3v) is 14.4. The number of carbonyl (C=O) groups is 4. The third kappa shape index (κ3) is 14.4. The summed E-state index contributed by atoms with van der Waals surface area (Å²) in [6, 6.07) is -2.95. The number of ketones is 1. The van der Waals surface area contributed by atoms with E-state index in [-0.39, 0.29) is 48.5 Å². The second kappa shape index (κ2) is 29.8. The van der Waals surface area contributed by atoms with Gasteiger partial charge in [0.05, 0.1) is 69.3 Å². The van der Waals surface area contributed by atoms with Gasteiger partial charge in [-0.3, -0.25) is 43.0 Å². The number of carbonyl (C=O) groups excluding carboxylic acids is 4. The number of aromatic amines is 1. The second-order valence-corrected chi connectivity index (χ2v) is 20.4. The number of amides is 3. The highest BCUT2D eigenvalue weighted by molar-refractivity contribution is 6.08. The number of aliphatic hydroxyl groups is 6. The van der Waals surface area contributed by atoms with Crippen molar-refractivity contribution in [3.05, 3.63) is 53.1 Å². The predicted octanol–water partition coefficient (Wildman–Crippen LogP) is -3.59. The lowest BCUT2D eigenvalue weighted by Gasteiger charge is -2.26. The Morgan fingerprint density at radius 1 is 0.726 bits per heavy atom. The van der Waals surface area contributed by atoms with Crippen LogP contribution >= 0.6 is 0 Å². The van der Waals surface area contributed by atoms with Crippen molar-refractivity contribution in [1.29, 1.82) is 0 Å². The molecule has 33 heteroatoms. The largest absolute Gasteiger partial charge is 0.397 e. The molecule has 0 bridgehead atoms. The third-order valence-electron chi connectivity index (χ3n) is 14.4. The average molecular weight is 1180 g/mol. The number of aryl methyl sites for hydroxylation is 1. The van der Waals surface area contributed by atoms with E-state index in [1.165, 1.54) is 41.4 Å². The molecule has 84 heavy (non-hydrogen) atoms. The molecule has 6 unspecified atom stereocenters. The summed E-state index contributed by atoms with van der Waals surface area (Å²) >= 11 is 0. The van der Waals surface area contributed by atoms with Gasteiger partial charge in [0.15, 0.2) is 52.8 Å². The number of imidazole rings is 3. The Kier molecular flexibility index (Phi) is 23.0. The smallest absolute Gasteiger partial charge is 0.279 e. The summed E-state index contributed by atoms with van der Waals surface area (Å²) in [5.74, 6) is -0.657. The van der Waals surface area contributed by atoms with Crippen LogP contribution in [0.5, 0.6) is 0 Å². The highest BCUT2D eigenvalue weighted by Crippen LogP contribution is 2.36. The van der Waals surface area contributed by atoms with Gasteiger partial charge < -0.3 is 92.5 Å². The normalized spacial score (nSPS) is 26.5. The molecule has 9 heterocycles. The molecule has 462 valence electrons. The van der Waals surface area contributed by atoms with Gasteiger partial charge in [-0.2, -0.15) is 0 Å². The molecular weight excluding hydrogens is 1110 g/mol. The first kappa shape index (κ1) is 64.7. The Bertz CT molecular complexity index is 3100. The molecule has 3 fully saturated rings. The number of fused-ring (bicyclic) bond motifs is 3. The van der Waals surface area contributed by atoms with E-state index in [0.29, 0.717) is 47.8 Å². The number of aliphatic hydroxyl groups excluding tert-OH is 6. The fraction of sp³-hybridized carbons (Fsp3) is 0.627. The molecule has 4 aliphatic heterocycles. The summed E-state index contributed by atoms with van der Waals surface area (Å²) in [6.45, 7) is 6.38. The van der Waals surface area contributed by atoms with Crippen molar-refractivity contribution < 1.29 is 73.5 Å². The van der Waals surface area contributed by atoms with Crippen LogP contribution in [0.15, 0.2) is 41.0 Å². The number of nitrogen functional groups attached to an aromatic ring is 1. The first-order valence-corrected chi connectivity index (χ1v) is 27.5. The van der Waals surface area contributed by atoms with Crippen molar-refractivity contribution in [3.8, 4) is 0 Å². The van der Waals surface area contributed by atoms with Gasteiger partial charge in [0.25, 0.3) is 5.56 Å². The zero-order valence-corrected chi connectivity index (χ0v) is 47.1. The van der Waals surface area contributed by atoms with Crippen LogP contribution in [-0.2, 0) is 38.1 Å². The summed E-state index contributed by atoms with van der Waals surface area (Å²) < 4.78 is 31.9. The summed E-state index contributed by atoms with van der Waals surface area (Å²) in [4.78, 5) is 89.4. The fourth-order valence-electron chi connectivity index (χ4n) is 10.0. The second-order valence-electron chi connectivity index (χ2n) is 20.4. The van der Waals surface area contributed by atoms with E-state index in [2.05, 4.69) is 56.2 Å². The lowest BCUT2D eigenvalue weighted by molar-refractivity contribution is -0.126. The summed E-state index contributed by atoms with van der Waals surface area (Å²) in [5.41, 5.74) is 19.2. The molecule has 4 aliphatic rings. The van der Waals surface area contributed by atoms with Gasteiger partial charge in [-0.15, -0.1) is 0 Å². The number of H-pyrrole nitrogens is 1. The first-order valence-electron chi connectivity index (χ1n) is 27.5. The number of anilines is 1. The number of nitrogens with one attached hydrogen (secondary N) is 5. The number of hydrogen-bond acceptors (Lipinski definition) is 26. The van der Waals surface area contributed by atoms with Crippen molar-refractivity contribution in [2.24, 2.45) is 16.5 Å². The number of methoxy groups -OCH3 is 1. The summed E-state index contributed by atoms with van der Waals surface area (Å²) in [5, 5.41) is 71.5. The minimum atomic E-state index is -1.17. The summed E-state index contributed by atoms with van der Waals surface area (Å²) in [7, 11) is 1.51. The van der Waals surface area contributed by atoms with Crippen molar-refractivity contribution >= 4 is 63.6 Å². The van der Waals surface area contributed by atoms with E-state index >= 15 is 0 Å². The van der Waals surface area contributed by atoms with Crippen LogP contribution in [-0.4, -0.2) is 217 Å². The number of rotatable bonds is 23. The van der Waals surface area contributed by atoms with Gasteiger partial charge in [0.1, 0.15) is 72.9 Å². The minimum Gasteiger partial charge on any atom is -0.397 e. The van der Waals surface area contributed by atoms with Gasteiger partial charge in [0.2, 0.25) is 17.7 Å². The average Bonchev–Trinajstić information content (AvgIpc) is 4.28. The van der Waals surface area contributed by atoms with Crippen LogP contribution in [0.1, 0.15) is 101 Å². The Morgan fingerprint density at radius 2 is 1.23 bits per heavy atom. The molecule has 3 amide bonds. The van der Waals surface area contributed by atoms with Crippen LogP contribution in [0.25, 0.3) is 22.3 Å². The topological polar surface area (TPSA) is 486 Å². The van der Waals surface area contributed by atoms with Crippen LogP contribution in [0.4, 0.5) is 11.5 Å². The maximum absolute atomic E-state index is 13.0. The molecule has 9 rings (SSSR count). The highest BCUT2D eigenvalue weighted by atomic mass is 16.7. The Hall–Kier alpha value is -6.83. The number of hydrogen-bond donors (Lipinski definition) is 14. The van der Waals surface area contributed by atoms with E-state index < -0.39 is 129 Å².